The highest BCUT2D eigenvalue weighted by Gasteiger charge is 2.53. The number of nitrogens with zero attached hydrogens (tertiary/aromatic N) is 1. The van der Waals surface area contributed by atoms with E-state index in [2.05, 4.69) is 25.8 Å². The van der Waals surface area contributed by atoms with Crippen molar-refractivity contribution in [2.24, 2.45) is 11.3 Å². The molecule has 2 aliphatic rings. The molecule has 1 atom stereocenters. The average Bonchev–Trinajstić information content (AvgIpc) is 2.52. The van der Waals surface area contributed by atoms with E-state index in [0.29, 0.717) is 11.4 Å². The molecule has 0 saturated carbocycles. The fraction of sp³-hybridized carbons (Fsp3) is 0.684. The molecular weight excluding hydrogens is 288 g/mol. The highest BCUT2D eigenvalue weighted by molar-refractivity contribution is 5.59. The Kier molecular flexibility index (Phi) is 4.09. The SMILES string of the molecule is COc1cc2c(cc1N)C(O)(C1CCN(C)CC1)C(C)(C)CC2. The Morgan fingerprint density at radius 1 is 1.26 bits per heavy atom. The van der Waals surface area contributed by atoms with Crippen LogP contribution in [0.2, 0.25) is 0 Å². The zero-order valence-electron chi connectivity index (χ0n) is 14.9. The summed E-state index contributed by atoms with van der Waals surface area (Å²) < 4.78 is 5.38. The number of anilines is 1. The molecule has 4 nitrogen and oxygen atoms in total. The van der Waals surface area contributed by atoms with Crippen molar-refractivity contribution in [3.8, 4) is 5.75 Å². The van der Waals surface area contributed by atoms with Crippen molar-refractivity contribution in [2.45, 2.75) is 45.1 Å². The van der Waals surface area contributed by atoms with Gasteiger partial charge in [-0.2, -0.15) is 0 Å². The van der Waals surface area contributed by atoms with E-state index in [-0.39, 0.29) is 11.3 Å². The van der Waals surface area contributed by atoms with Gasteiger partial charge in [0.2, 0.25) is 0 Å². The van der Waals surface area contributed by atoms with Crippen LogP contribution in [0.1, 0.15) is 44.2 Å². The minimum atomic E-state index is -0.817. The van der Waals surface area contributed by atoms with Gasteiger partial charge >= 0.3 is 0 Å². The van der Waals surface area contributed by atoms with E-state index < -0.39 is 5.60 Å². The van der Waals surface area contributed by atoms with Gasteiger partial charge in [-0.15, -0.1) is 0 Å². The first-order valence-electron chi connectivity index (χ1n) is 8.67. The molecule has 0 amide bonds. The lowest BCUT2D eigenvalue weighted by molar-refractivity contribution is -0.142. The molecule has 0 radical (unpaired) electrons. The fourth-order valence-electron chi connectivity index (χ4n) is 4.58. The normalized spacial score (nSPS) is 28.4. The number of nitrogens with two attached hydrogens (primary N) is 1. The molecule has 1 aliphatic carbocycles. The van der Waals surface area contributed by atoms with Gasteiger partial charge in [0.15, 0.2) is 0 Å². The molecule has 1 aromatic carbocycles. The van der Waals surface area contributed by atoms with Crippen LogP contribution in [0.15, 0.2) is 12.1 Å². The zero-order chi connectivity index (χ0) is 16.8. The van der Waals surface area contributed by atoms with Crippen molar-refractivity contribution in [3.05, 3.63) is 23.3 Å². The van der Waals surface area contributed by atoms with Crippen LogP contribution in [-0.2, 0) is 12.0 Å². The molecule has 1 unspecified atom stereocenters. The Hall–Kier alpha value is -1.26. The third kappa shape index (κ3) is 2.52. The summed E-state index contributed by atoms with van der Waals surface area (Å²) in [5.74, 6) is 0.995. The van der Waals surface area contributed by atoms with Gasteiger partial charge in [-0.25, -0.2) is 0 Å². The quantitative estimate of drug-likeness (QED) is 0.823. The summed E-state index contributed by atoms with van der Waals surface area (Å²) in [6.07, 6.45) is 4.01. The van der Waals surface area contributed by atoms with Crippen molar-refractivity contribution in [2.75, 3.05) is 33.0 Å². The second-order valence-electron chi connectivity index (χ2n) is 7.98. The third-order valence-electron chi connectivity index (χ3n) is 6.23. The number of nitrogen functional groups attached to an aromatic ring is 1. The van der Waals surface area contributed by atoms with Gasteiger partial charge in [0.05, 0.1) is 18.4 Å². The molecule has 1 heterocycles. The van der Waals surface area contributed by atoms with E-state index in [1.54, 1.807) is 7.11 Å². The van der Waals surface area contributed by atoms with Crippen LogP contribution in [0.5, 0.6) is 5.75 Å². The molecule has 3 N–H and O–H groups in total. The third-order valence-corrected chi connectivity index (χ3v) is 6.23. The van der Waals surface area contributed by atoms with Gasteiger partial charge in [-0.3, -0.25) is 0 Å². The number of hydrogen-bond donors (Lipinski definition) is 2. The Morgan fingerprint density at radius 2 is 1.91 bits per heavy atom. The number of rotatable bonds is 2. The first-order valence-corrected chi connectivity index (χ1v) is 8.67. The maximum atomic E-state index is 11.9. The number of ether oxygens (including phenoxy) is 1. The Labute approximate surface area is 139 Å². The van der Waals surface area contributed by atoms with E-state index in [0.717, 1.165) is 44.3 Å². The zero-order valence-corrected chi connectivity index (χ0v) is 14.9. The van der Waals surface area contributed by atoms with Crippen LogP contribution < -0.4 is 10.5 Å². The molecule has 23 heavy (non-hydrogen) atoms. The smallest absolute Gasteiger partial charge is 0.142 e. The molecule has 1 fully saturated rings. The van der Waals surface area contributed by atoms with E-state index in [1.807, 2.05) is 12.1 Å². The Bertz CT molecular complexity index is 591. The number of fused-ring (bicyclic) bond motifs is 1. The summed E-state index contributed by atoms with van der Waals surface area (Å²) in [7, 11) is 3.80. The Balaban J connectivity index is 2.09. The van der Waals surface area contributed by atoms with Crippen LogP contribution in [0.25, 0.3) is 0 Å². The molecule has 1 aromatic rings. The molecule has 1 aliphatic heterocycles. The first-order chi connectivity index (χ1) is 10.8. The number of aliphatic hydroxyl groups is 1. The lowest BCUT2D eigenvalue weighted by Gasteiger charge is -2.53. The fourth-order valence-corrected chi connectivity index (χ4v) is 4.58. The van der Waals surface area contributed by atoms with Crippen LogP contribution in [-0.4, -0.2) is 37.3 Å². The van der Waals surface area contributed by atoms with Crippen molar-refractivity contribution >= 4 is 5.69 Å². The van der Waals surface area contributed by atoms with Crippen molar-refractivity contribution < 1.29 is 9.84 Å². The number of hydrogen-bond acceptors (Lipinski definition) is 4. The summed E-state index contributed by atoms with van der Waals surface area (Å²) in [4.78, 5) is 2.35. The maximum Gasteiger partial charge on any atom is 0.142 e. The standard InChI is InChI=1S/C19H30N2O2/c1-18(2)8-5-13-11-17(23-4)16(20)12-15(13)19(18,22)14-6-9-21(3)10-7-14/h11-12,14,22H,5-10,20H2,1-4H3. The minimum absolute atomic E-state index is 0.151. The summed E-state index contributed by atoms with van der Waals surface area (Å²) in [6, 6.07) is 3.99. The first kappa shape index (κ1) is 16.6. The van der Waals surface area contributed by atoms with Crippen LogP contribution >= 0.6 is 0 Å². The van der Waals surface area contributed by atoms with Gasteiger partial charge < -0.3 is 20.5 Å². The van der Waals surface area contributed by atoms with Gasteiger partial charge in [0.1, 0.15) is 5.75 Å². The van der Waals surface area contributed by atoms with Crippen molar-refractivity contribution in [3.63, 3.8) is 0 Å². The molecule has 0 bridgehead atoms. The van der Waals surface area contributed by atoms with Crippen LogP contribution in [0, 0.1) is 11.3 Å². The van der Waals surface area contributed by atoms with Crippen molar-refractivity contribution in [1.82, 2.24) is 4.90 Å². The maximum absolute atomic E-state index is 11.9. The topological polar surface area (TPSA) is 58.7 Å². The number of methoxy groups -OCH3 is 1. The van der Waals surface area contributed by atoms with E-state index in [9.17, 15) is 5.11 Å². The second-order valence-corrected chi connectivity index (χ2v) is 7.98. The lowest BCUT2D eigenvalue weighted by Crippen LogP contribution is -2.53. The highest BCUT2D eigenvalue weighted by Crippen LogP contribution is 2.55. The lowest BCUT2D eigenvalue weighted by atomic mass is 9.56. The molecule has 3 rings (SSSR count). The molecule has 0 spiro atoms. The van der Waals surface area contributed by atoms with Gasteiger partial charge in [0, 0.05) is 0 Å². The minimum Gasteiger partial charge on any atom is -0.495 e. The van der Waals surface area contributed by atoms with E-state index in [1.165, 1.54) is 5.56 Å². The highest BCUT2D eigenvalue weighted by atomic mass is 16.5. The molecular formula is C19H30N2O2. The number of piperidine rings is 1. The van der Waals surface area contributed by atoms with Crippen LogP contribution in [0.3, 0.4) is 0 Å². The van der Waals surface area contributed by atoms with Crippen LogP contribution in [0.4, 0.5) is 5.69 Å². The van der Waals surface area contributed by atoms with E-state index in [4.69, 9.17) is 10.5 Å². The predicted molar refractivity (Wildman–Crippen MR) is 93.6 cm³/mol. The molecule has 128 valence electrons. The van der Waals surface area contributed by atoms with Gasteiger partial charge in [-0.05, 0) is 80.4 Å². The molecule has 4 heteroatoms. The average molecular weight is 318 g/mol. The molecule has 1 saturated heterocycles. The van der Waals surface area contributed by atoms with E-state index >= 15 is 0 Å². The largest absolute Gasteiger partial charge is 0.495 e. The van der Waals surface area contributed by atoms with Gasteiger partial charge in [0.25, 0.3) is 0 Å². The second kappa shape index (κ2) is 5.67. The monoisotopic (exact) mass is 318 g/mol. The summed E-state index contributed by atoms with van der Waals surface area (Å²) in [6.45, 7) is 6.50. The summed E-state index contributed by atoms with van der Waals surface area (Å²) >= 11 is 0. The number of aryl methyl sites for hydroxylation is 1. The van der Waals surface area contributed by atoms with Crippen molar-refractivity contribution in [1.29, 1.82) is 0 Å². The Morgan fingerprint density at radius 3 is 2.52 bits per heavy atom. The summed E-state index contributed by atoms with van der Waals surface area (Å²) in [5.41, 5.74) is 8.05. The molecule has 0 aromatic heterocycles. The predicted octanol–water partition coefficient (Wildman–Crippen LogP) is 2.78. The summed E-state index contributed by atoms with van der Waals surface area (Å²) in [5, 5.41) is 11.9. The number of likely N-dealkylation sites (tertiary alicyclic amines) is 1. The number of benzene rings is 1. The van der Waals surface area contributed by atoms with Gasteiger partial charge in [-0.1, -0.05) is 13.8 Å².